The van der Waals surface area contributed by atoms with Gasteiger partial charge in [0.15, 0.2) is 23.4 Å². The van der Waals surface area contributed by atoms with Gasteiger partial charge in [-0.15, -0.1) is 0 Å². The van der Waals surface area contributed by atoms with Crippen LogP contribution in [0.25, 0.3) is 0 Å². The molecule has 0 aliphatic carbocycles. The Labute approximate surface area is 339 Å². The average Bonchev–Trinajstić information content (AvgIpc) is 2.76. The molecule has 2 atom stereocenters. The zero-order valence-corrected chi connectivity index (χ0v) is 29.3. The Morgan fingerprint density at radius 2 is 0.689 bits per heavy atom. The third kappa shape index (κ3) is 21.8. The van der Waals surface area contributed by atoms with Gasteiger partial charge in [0, 0.05) is 49.6 Å². The summed E-state index contributed by atoms with van der Waals surface area (Å²) in [5.41, 5.74) is -6.37. The summed E-state index contributed by atoms with van der Waals surface area (Å²) in [4.78, 5) is 107. The SMILES string of the molecule is O=C([O-])CC(CC(=O)[O-])(OC(=O)C(O)CC(=O)O)C(=O)[O-].O=C([O-])CC(CC(=O)[O-])(OC(=O)C(O)CC(=O)O)C(=O)[O-].[Ca+2].[Ca+2].[Ca+2]. The second-order valence-corrected chi connectivity index (χ2v) is 7.83. The second-order valence-electron chi connectivity index (χ2n) is 7.83. The van der Waals surface area contributed by atoms with E-state index in [-0.39, 0.29) is 113 Å². The van der Waals surface area contributed by atoms with Crippen LogP contribution < -0.4 is 30.6 Å². The molecule has 0 aromatic heterocycles. The number of rotatable bonds is 18. The summed E-state index contributed by atoms with van der Waals surface area (Å²) >= 11 is 0. The molecule has 25 heteroatoms. The standard InChI is InChI=1S/2C10H12O11.3Ca/c2*11-4(1-5(12)13)8(18)21-10(9(19)20,2-6(14)15)3-7(16)17;;;/h2*4,11H,1-3H2,(H,12,13)(H,14,15)(H,16,17)(H,19,20);;;/q;;3*+2/p-6. The number of aliphatic carboxylic acids is 8. The molecule has 0 spiro atoms. The molecule has 0 amide bonds. The van der Waals surface area contributed by atoms with Crippen LogP contribution in [0.1, 0.15) is 38.5 Å². The van der Waals surface area contributed by atoms with Gasteiger partial charge in [-0.25, -0.2) is 9.59 Å². The van der Waals surface area contributed by atoms with Gasteiger partial charge < -0.3 is 89.3 Å². The molecule has 0 aliphatic rings. The first-order valence-electron chi connectivity index (χ1n) is 10.5. The van der Waals surface area contributed by atoms with Crippen LogP contribution in [0, 0.1) is 0 Å². The fourth-order valence-corrected chi connectivity index (χ4v) is 2.59. The predicted molar refractivity (Wildman–Crippen MR) is 120 cm³/mol. The van der Waals surface area contributed by atoms with E-state index in [9.17, 15) is 78.6 Å². The minimum atomic E-state index is -3.19. The Hall–Kier alpha value is -1.60. The number of carbonyl (C=O) groups is 10. The van der Waals surface area contributed by atoms with Gasteiger partial charge in [-0.1, -0.05) is 0 Å². The molecule has 0 aromatic carbocycles. The molecule has 0 aliphatic heterocycles. The minimum Gasteiger partial charge on any atom is -0.550 e. The number of carboxylic acid groups (broad SMARTS) is 8. The normalized spacial score (nSPS) is 11.4. The quantitative estimate of drug-likeness (QED) is 0.0751. The number of aliphatic hydroxyl groups is 2. The molecular formula is C20H18Ca3O22. The number of carboxylic acids is 8. The number of esters is 2. The average molecular weight is 731 g/mol. The van der Waals surface area contributed by atoms with Gasteiger partial charge in [0.2, 0.25) is 0 Å². The molecule has 2 unspecified atom stereocenters. The van der Waals surface area contributed by atoms with Crippen molar-refractivity contribution in [2.45, 2.75) is 61.9 Å². The maximum absolute atomic E-state index is 11.3. The molecule has 0 rings (SSSR count). The summed E-state index contributed by atoms with van der Waals surface area (Å²) in [6.45, 7) is 0. The van der Waals surface area contributed by atoms with Crippen LogP contribution in [0.3, 0.4) is 0 Å². The van der Waals surface area contributed by atoms with Gasteiger partial charge >= 0.3 is 137 Å². The molecule has 4 N–H and O–H groups in total. The van der Waals surface area contributed by atoms with E-state index in [1.807, 2.05) is 0 Å². The van der Waals surface area contributed by atoms with Crippen molar-refractivity contribution in [1.29, 1.82) is 0 Å². The van der Waals surface area contributed by atoms with Gasteiger partial charge in [-0.2, -0.15) is 0 Å². The summed E-state index contributed by atoms with van der Waals surface area (Å²) in [6.07, 6.45) is -13.3. The van der Waals surface area contributed by atoms with Crippen LogP contribution >= 0.6 is 0 Å². The fraction of sp³-hybridized carbons (Fsp3) is 0.500. The van der Waals surface area contributed by atoms with E-state index in [0.717, 1.165) is 0 Å². The molecule has 22 nitrogen and oxygen atoms in total. The number of hydrogen-bond acceptors (Lipinski definition) is 20. The van der Waals surface area contributed by atoms with Gasteiger partial charge in [0.25, 0.3) is 0 Å². The van der Waals surface area contributed by atoms with E-state index in [1.165, 1.54) is 0 Å². The zero-order chi connectivity index (χ0) is 33.6. The van der Waals surface area contributed by atoms with Crippen molar-refractivity contribution < 1.29 is 108 Å². The van der Waals surface area contributed by atoms with Gasteiger partial charge in [-0.05, 0) is 0 Å². The van der Waals surface area contributed by atoms with Crippen molar-refractivity contribution in [2.75, 3.05) is 0 Å². The first-order valence-corrected chi connectivity index (χ1v) is 10.5. The maximum Gasteiger partial charge on any atom is 2.00 e. The molecule has 0 saturated carbocycles. The van der Waals surface area contributed by atoms with Crippen molar-refractivity contribution in [1.82, 2.24) is 0 Å². The van der Waals surface area contributed by atoms with Crippen molar-refractivity contribution in [3.8, 4) is 0 Å². The van der Waals surface area contributed by atoms with Gasteiger partial charge in [-0.3, -0.25) is 9.59 Å². The Balaban J connectivity index is -0.000000222. The summed E-state index contributed by atoms with van der Waals surface area (Å²) in [7, 11) is 0. The third-order valence-electron chi connectivity index (χ3n) is 4.34. The minimum absolute atomic E-state index is 0. The van der Waals surface area contributed by atoms with Crippen LogP contribution in [0.5, 0.6) is 0 Å². The predicted octanol–water partition coefficient (Wildman–Crippen LogP) is -12.9. The van der Waals surface area contributed by atoms with Crippen molar-refractivity contribution >= 4 is 173 Å². The van der Waals surface area contributed by atoms with E-state index in [0.29, 0.717) is 0 Å². The molecule has 0 saturated heterocycles. The van der Waals surface area contributed by atoms with Gasteiger partial charge in [0.1, 0.15) is 0 Å². The summed E-state index contributed by atoms with van der Waals surface area (Å²) in [5, 5.41) is 98.5. The number of ether oxygens (including phenoxy) is 2. The van der Waals surface area contributed by atoms with Crippen LogP contribution in [0.4, 0.5) is 0 Å². The third-order valence-corrected chi connectivity index (χ3v) is 4.34. The van der Waals surface area contributed by atoms with E-state index in [4.69, 9.17) is 20.4 Å². The molecule has 45 heavy (non-hydrogen) atoms. The monoisotopic (exact) mass is 730 g/mol. The Bertz CT molecular complexity index is 1000. The molecule has 0 bridgehead atoms. The summed E-state index contributed by atoms with van der Waals surface area (Å²) < 4.78 is 8.26. The number of aliphatic hydroxyl groups excluding tert-OH is 2. The topological polar surface area (TPSA) is 408 Å². The van der Waals surface area contributed by atoms with Crippen LogP contribution in [0.15, 0.2) is 0 Å². The smallest absolute Gasteiger partial charge is 0.550 e. The molecular weight excluding hydrogens is 712 g/mol. The van der Waals surface area contributed by atoms with E-state index < -0.39 is 122 Å². The fourth-order valence-electron chi connectivity index (χ4n) is 2.59. The van der Waals surface area contributed by atoms with Crippen molar-refractivity contribution in [3.63, 3.8) is 0 Å². The first-order chi connectivity index (χ1) is 19.0. The van der Waals surface area contributed by atoms with E-state index in [2.05, 4.69) is 9.47 Å². The van der Waals surface area contributed by atoms with Crippen LogP contribution in [0.2, 0.25) is 0 Å². The summed E-state index contributed by atoms with van der Waals surface area (Å²) in [6, 6.07) is 0. The molecule has 0 fully saturated rings. The largest absolute Gasteiger partial charge is 2.00 e. The zero-order valence-electron chi connectivity index (χ0n) is 22.7. The van der Waals surface area contributed by atoms with Gasteiger partial charge in [0.05, 0.1) is 24.8 Å². The van der Waals surface area contributed by atoms with Crippen LogP contribution in [-0.4, -0.2) is 217 Å². The Morgan fingerprint density at radius 3 is 0.822 bits per heavy atom. The van der Waals surface area contributed by atoms with Crippen molar-refractivity contribution in [2.24, 2.45) is 0 Å². The molecule has 236 valence electrons. The van der Waals surface area contributed by atoms with Crippen LogP contribution in [-0.2, 0) is 57.4 Å². The van der Waals surface area contributed by atoms with Crippen molar-refractivity contribution in [3.05, 3.63) is 0 Å². The molecule has 0 aromatic rings. The van der Waals surface area contributed by atoms with E-state index >= 15 is 0 Å². The Kier molecular flexibility index (Phi) is 28.9. The van der Waals surface area contributed by atoms with E-state index in [1.54, 1.807) is 0 Å². The second kappa shape index (κ2) is 24.6. The first kappa shape index (κ1) is 52.9. The summed E-state index contributed by atoms with van der Waals surface area (Å²) in [5.74, 6) is -20.1. The number of carbonyl (C=O) groups excluding carboxylic acids is 8. The Morgan fingerprint density at radius 1 is 0.489 bits per heavy atom. The molecule has 0 radical (unpaired) electrons. The maximum atomic E-state index is 11.3. The molecule has 0 heterocycles. The number of hydrogen-bond donors (Lipinski definition) is 4.